The van der Waals surface area contributed by atoms with Crippen LogP contribution >= 0.6 is 0 Å². The summed E-state index contributed by atoms with van der Waals surface area (Å²) in [5.41, 5.74) is 0.858. The standard InChI is InChI=1S/C19H18N2O5S/c22-21(23)17-8-10-19(11-9-17)27(24,25)20(15-18-7-4-14-26-18)13-12-16-5-2-1-3-6-16/h1-11,14H,12-13,15H2. The second-order valence-electron chi connectivity index (χ2n) is 5.90. The Hall–Kier alpha value is -2.97. The Labute approximate surface area is 157 Å². The van der Waals surface area contributed by atoms with E-state index in [0.717, 1.165) is 5.56 Å². The Bertz CT molecular complexity index is 984. The van der Waals surface area contributed by atoms with Crippen LogP contribution in [-0.4, -0.2) is 24.2 Å². The predicted molar refractivity (Wildman–Crippen MR) is 99.5 cm³/mol. The molecule has 3 aromatic rings. The average Bonchev–Trinajstić information content (AvgIpc) is 3.19. The maximum Gasteiger partial charge on any atom is 0.269 e. The molecule has 0 bridgehead atoms. The molecule has 2 aromatic carbocycles. The number of non-ortho nitro benzene ring substituents is 1. The smallest absolute Gasteiger partial charge is 0.269 e. The monoisotopic (exact) mass is 386 g/mol. The van der Waals surface area contributed by atoms with E-state index in [1.165, 1.54) is 34.8 Å². The summed E-state index contributed by atoms with van der Waals surface area (Å²) in [6, 6.07) is 17.9. The van der Waals surface area contributed by atoms with E-state index in [0.29, 0.717) is 12.2 Å². The Morgan fingerprint density at radius 3 is 2.26 bits per heavy atom. The van der Waals surface area contributed by atoms with E-state index in [9.17, 15) is 18.5 Å². The molecular formula is C19H18N2O5S. The van der Waals surface area contributed by atoms with Gasteiger partial charge < -0.3 is 4.42 Å². The minimum Gasteiger partial charge on any atom is -0.468 e. The predicted octanol–water partition coefficient (Wildman–Crippen LogP) is 3.62. The van der Waals surface area contributed by atoms with Crippen molar-refractivity contribution in [2.45, 2.75) is 17.9 Å². The van der Waals surface area contributed by atoms with E-state index in [1.807, 2.05) is 30.3 Å². The summed E-state index contributed by atoms with van der Waals surface area (Å²) in [6.07, 6.45) is 2.02. The van der Waals surface area contributed by atoms with E-state index in [2.05, 4.69) is 0 Å². The number of rotatable bonds is 8. The van der Waals surface area contributed by atoms with Gasteiger partial charge in [-0.1, -0.05) is 30.3 Å². The first-order valence-electron chi connectivity index (χ1n) is 8.28. The Balaban J connectivity index is 1.86. The minimum absolute atomic E-state index is 0.00715. The lowest BCUT2D eigenvalue weighted by Gasteiger charge is -2.21. The minimum atomic E-state index is -3.84. The van der Waals surface area contributed by atoms with Crippen molar-refractivity contribution in [1.82, 2.24) is 4.31 Å². The van der Waals surface area contributed by atoms with Crippen molar-refractivity contribution >= 4 is 15.7 Å². The van der Waals surface area contributed by atoms with Crippen LogP contribution in [-0.2, 0) is 23.0 Å². The van der Waals surface area contributed by atoms with E-state index in [-0.39, 0.29) is 23.7 Å². The third-order valence-electron chi connectivity index (χ3n) is 4.09. The number of benzene rings is 2. The number of hydrogen-bond acceptors (Lipinski definition) is 5. The third kappa shape index (κ3) is 4.60. The fraction of sp³-hybridized carbons (Fsp3) is 0.158. The van der Waals surface area contributed by atoms with E-state index >= 15 is 0 Å². The number of nitro benzene ring substituents is 1. The quantitative estimate of drug-likeness (QED) is 0.435. The van der Waals surface area contributed by atoms with Crippen LogP contribution < -0.4 is 0 Å². The lowest BCUT2D eigenvalue weighted by atomic mass is 10.1. The largest absolute Gasteiger partial charge is 0.468 e. The molecule has 1 aromatic heterocycles. The normalized spacial score (nSPS) is 11.6. The molecule has 140 valence electrons. The fourth-order valence-corrected chi connectivity index (χ4v) is 4.05. The van der Waals surface area contributed by atoms with Gasteiger partial charge in [0.1, 0.15) is 5.76 Å². The Morgan fingerprint density at radius 2 is 1.67 bits per heavy atom. The summed E-state index contributed by atoms with van der Waals surface area (Å²) in [5.74, 6) is 0.522. The molecule has 0 aliphatic rings. The van der Waals surface area contributed by atoms with Gasteiger partial charge in [-0.3, -0.25) is 10.1 Å². The summed E-state index contributed by atoms with van der Waals surface area (Å²) in [4.78, 5) is 10.2. The average molecular weight is 386 g/mol. The molecule has 27 heavy (non-hydrogen) atoms. The first-order chi connectivity index (χ1) is 13.0. The molecule has 1 heterocycles. The van der Waals surface area contributed by atoms with Crippen molar-refractivity contribution in [2.24, 2.45) is 0 Å². The molecule has 8 heteroatoms. The van der Waals surface area contributed by atoms with Gasteiger partial charge in [-0.25, -0.2) is 8.42 Å². The van der Waals surface area contributed by atoms with Gasteiger partial charge in [0, 0.05) is 18.7 Å². The van der Waals surface area contributed by atoms with Gasteiger partial charge in [-0.15, -0.1) is 0 Å². The van der Waals surface area contributed by atoms with Crippen molar-refractivity contribution in [3.05, 3.63) is 94.4 Å². The maximum absolute atomic E-state index is 13.1. The second-order valence-corrected chi connectivity index (χ2v) is 7.84. The highest BCUT2D eigenvalue weighted by Crippen LogP contribution is 2.22. The molecular weight excluding hydrogens is 368 g/mol. The lowest BCUT2D eigenvalue weighted by Crippen LogP contribution is -2.32. The molecule has 0 N–H and O–H groups in total. The van der Waals surface area contributed by atoms with Crippen LogP contribution in [0.5, 0.6) is 0 Å². The SMILES string of the molecule is O=[N+]([O-])c1ccc(S(=O)(=O)N(CCc2ccccc2)Cc2ccco2)cc1. The van der Waals surface area contributed by atoms with Gasteiger partial charge in [-0.05, 0) is 36.2 Å². The van der Waals surface area contributed by atoms with Crippen LogP contribution in [0.1, 0.15) is 11.3 Å². The molecule has 0 unspecified atom stereocenters. The molecule has 7 nitrogen and oxygen atoms in total. The van der Waals surface area contributed by atoms with Crippen LogP contribution in [0.3, 0.4) is 0 Å². The zero-order chi connectivity index (χ0) is 19.3. The fourth-order valence-electron chi connectivity index (χ4n) is 2.65. The van der Waals surface area contributed by atoms with Gasteiger partial charge in [-0.2, -0.15) is 4.31 Å². The van der Waals surface area contributed by atoms with Crippen molar-refractivity contribution in [3.63, 3.8) is 0 Å². The molecule has 0 radical (unpaired) electrons. The summed E-state index contributed by atoms with van der Waals surface area (Å²) in [5, 5.41) is 10.8. The van der Waals surface area contributed by atoms with Crippen LogP contribution in [0, 0.1) is 10.1 Å². The zero-order valence-electron chi connectivity index (χ0n) is 14.4. The Kier molecular flexibility index (Phi) is 5.68. The van der Waals surface area contributed by atoms with Crippen molar-refractivity contribution < 1.29 is 17.8 Å². The van der Waals surface area contributed by atoms with Crippen molar-refractivity contribution in [3.8, 4) is 0 Å². The number of nitro groups is 1. The number of hydrogen-bond donors (Lipinski definition) is 0. The molecule has 0 aliphatic heterocycles. The molecule has 0 aliphatic carbocycles. The van der Waals surface area contributed by atoms with E-state index in [4.69, 9.17) is 4.42 Å². The third-order valence-corrected chi connectivity index (χ3v) is 5.95. The highest BCUT2D eigenvalue weighted by Gasteiger charge is 2.26. The summed E-state index contributed by atoms with van der Waals surface area (Å²) >= 11 is 0. The molecule has 0 saturated heterocycles. The van der Waals surface area contributed by atoms with Gasteiger partial charge in [0.05, 0.1) is 22.6 Å². The lowest BCUT2D eigenvalue weighted by molar-refractivity contribution is -0.384. The highest BCUT2D eigenvalue weighted by atomic mass is 32.2. The first-order valence-corrected chi connectivity index (χ1v) is 9.72. The molecule has 0 atom stereocenters. The van der Waals surface area contributed by atoms with Crippen molar-refractivity contribution in [2.75, 3.05) is 6.54 Å². The van der Waals surface area contributed by atoms with Crippen LogP contribution in [0.15, 0.2) is 82.3 Å². The van der Waals surface area contributed by atoms with Crippen LogP contribution in [0.4, 0.5) is 5.69 Å². The van der Waals surface area contributed by atoms with Crippen LogP contribution in [0.25, 0.3) is 0 Å². The summed E-state index contributed by atoms with van der Waals surface area (Å²) in [7, 11) is -3.84. The molecule has 0 saturated carbocycles. The number of nitrogens with zero attached hydrogens (tertiary/aromatic N) is 2. The first kappa shape index (κ1) is 18.8. The highest BCUT2D eigenvalue weighted by molar-refractivity contribution is 7.89. The second kappa shape index (κ2) is 8.15. The molecule has 0 fully saturated rings. The van der Waals surface area contributed by atoms with Gasteiger partial charge >= 0.3 is 0 Å². The van der Waals surface area contributed by atoms with Gasteiger partial charge in [0.25, 0.3) is 5.69 Å². The summed E-state index contributed by atoms with van der Waals surface area (Å²) in [6.45, 7) is 0.336. The summed E-state index contributed by atoms with van der Waals surface area (Å²) < 4.78 is 32.8. The molecule has 0 spiro atoms. The molecule has 3 rings (SSSR count). The molecule has 0 amide bonds. The number of sulfonamides is 1. The topological polar surface area (TPSA) is 93.7 Å². The van der Waals surface area contributed by atoms with Gasteiger partial charge in [0.15, 0.2) is 0 Å². The Morgan fingerprint density at radius 1 is 0.963 bits per heavy atom. The van der Waals surface area contributed by atoms with Crippen molar-refractivity contribution in [1.29, 1.82) is 0 Å². The van der Waals surface area contributed by atoms with Gasteiger partial charge in [0.2, 0.25) is 10.0 Å². The zero-order valence-corrected chi connectivity index (χ0v) is 15.2. The van der Waals surface area contributed by atoms with E-state index in [1.54, 1.807) is 12.1 Å². The van der Waals surface area contributed by atoms with Crippen LogP contribution in [0.2, 0.25) is 0 Å². The maximum atomic E-state index is 13.1. The number of furan rings is 1. The van der Waals surface area contributed by atoms with E-state index < -0.39 is 14.9 Å².